The number of hydrogen-bond donors (Lipinski definition) is 1. The van der Waals surface area contributed by atoms with Crippen molar-refractivity contribution in [2.45, 2.75) is 4.90 Å². The summed E-state index contributed by atoms with van der Waals surface area (Å²) < 4.78 is 44.8. The number of benzene rings is 2. The molecule has 0 bridgehead atoms. The lowest BCUT2D eigenvalue weighted by molar-refractivity contribution is 0.395. The molecule has 0 atom stereocenters. The van der Waals surface area contributed by atoms with Crippen LogP contribution in [0.25, 0.3) is 11.1 Å². The van der Waals surface area contributed by atoms with E-state index in [0.717, 1.165) is 5.56 Å². The van der Waals surface area contributed by atoms with E-state index in [0.29, 0.717) is 27.2 Å². The number of nitrogens with zero attached hydrogens (tertiary/aromatic N) is 1. The minimum Gasteiger partial charge on any atom is -0.497 e. The van der Waals surface area contributed by atoms with Gasteiger partial charge < -0.3 is 14.2 Å². The molecule has 0 radical (unpaired) electrons. The largest absolute Gasteiger partial charge is 0.497 e. The van der Waals surface area contributed by atoms with E-state index < -0.39 is 10.0 Å². The normalized spacial score (nSPS) is 11.0. The maximum Gasteiger partial charge on any atom is 0.265 e. The summed E-state index contributed by atoms with van der Waals surface area (Å²) in [5, 5.41) is 0. The second-order valence-electron chi connectivity index (χ2n) is 5.93. The third kappa shape index (κ3) is 4.63. The predicted octanol–water partition coefficient (Wildman–Crippen LogP) is 4.34. The van der Waals surface area contributed by atoms with Crippen LogP contribution in [0.2, 0.25) is 0 Å². The van der Waals surface area contributed by atoms with Crippen molar-refractivity contribution in [1.82, 2.24) is 4.98 Å². The Morgan fingerprint density at radius 3 is 2.34 bits per heavy atom. The number of methoxy groups -OCH3 is 3. The van der Waals surface area contributed by atoms with Gasteiger partial charge in [-0.15, -0.1) is 0 Å². The number of nitrogens with one attached hydrogen (secondary N) is 1. The van der Waals surface area contributed by atoms with Crippen LogP contribution in [-0.2, 0) is 10.0 Å². The molecule has 0 spiro atoms. The molecule has 2 aromatic carbocycles. The molecular formula is C20H19BrN2O5S. The van der Waals surface area contributed by atoms with Crippen LogP contribution in [0.1, 0.15) is 0 Å². The summed E-state index contributed by atoms with van der Waals surface area (Å²) in [6.45, 7) is 0. The van der Waals surface area contributed by atoms with E-state index in [2.05, 4.69) is 25.6 Å². The van der Waals surface area contributed by atoms with Crippen LogP contribution in [0.3, 0.4) is 0 Å². The van der Waals surface area contributed by atoms with E-state index in [9.17, 15) is 8.42 Å². The van der Waals surface area contributed by atoms with E-state index in [4.69, 9.17) is 14.2 Å². The monoisotopic (exact) mass is 478 g/mol. The molecule has 7 nitrogen and oxygen atoms in total. The lowest BCUT2D eigenvalue weighted by atomic mass is 10.1. The zero-order valence-corrected chi connectivity index (χ0v) is 18.4. The Balaban J connectivity index is 1.98. The highest BCUT2D eigenvalue weighted by atomic mass is 79.9. The number of anilines is 1. The molecule has 1 aromatic heterocycles. The zero-order chi connectivity index (χ0) is 21.0. The minimum atomic E-state index is -3.90. The third-order valence-electron chi connectivity index (χ3n) is 4.13. The van der Waals surface area contributed by atoms with Crippen LogP contribution < -0.4 is 18.9 Å². The van der Waals surface area contributed by atoms with Crippen molar-refractivity contribution in [2.24, 2.45) is 0 Å². The molecule has 1 heterocycles. The van der Waals surface area contributed by atoms with E-state index in [-0.39, 0.29) is 10.6 Å². The molecule has 29 heavy (non-hydrogen) atoms. The van der Waals surface area contributed by atoms with Gasteiger partial charge in [-0.1, -0.05) is 15.9 Å². The summed E-state index contributed by atoms with van der Waals surface area (Å²) in [6.07, 6.45) is 3.06. The molecule has 0 aliphatic rings. The molecule has 3 rings (SSSR count). The summed E-state index contributed by atoms with van der Waals surface area (Å²) in [5.74, 6) is 1.47. The first-order chi connectivity index (χ1) is 13.9. The number of halogens is 1. The van der Waals surface area contributed by atoms with Gasteiger partial charge in [-0.05, 0) is 36.4 Å². The van der Waals surface area contributed by atoms with Crippen molar-refractivity contribution in [3.8, 4) is 28.4 Å². The molecule has 1 N–H and O–H groups in total. The van der Waals surface area contributed by atoms with Gasteiger partial charge in [0, 0.05) is 27.9 Å². The molecule has 0 saturated heterocycles. The Kier molecular flexibility index (Phi) is 6.29. The second kappa shape index (κ2) is 8.71. The van der Waals surface area contributed by atoms with Crippen LogP contribution >= 0.6 is 15.9 Å². The number of sulfonamides is 1. The summed E-state index contributed by atoms with van der Waals surface area (Å²) in [5.41, 5.74) is 1.75. The van der Waals surface area contributed by atoms with E-state index in [1.54, 1.807) is 50.7 Å². The van der Waals surface area contributed by atoms with Crippen molar-refractivity contribution in [3.05, 3.63) is 59.3 Å². The van der Waals surface area contributed by atoms with Gasteiger partial charge in [0.05, 0.1) is 33.2 Å². The van der Waals surface area contributed by atoms with Gasteiger partial charge in [0.1, 0.15) is 22.1 Å². The summed E-state index contributed by atoms with van der Waals surface area (Å²) in [6, 6.07) is 11.8. The van der Waals surface area contributed by atoms with Gasteiger partial charge in [-0.25, -0.2) is 8.42 Å². The Labute approximate surface area is 177 Å². The van der Waals surface area contributed by atoms with Gasteiger partial charge in [0.2, 0.25) is 0 Å². The Bertz CT molecular complexity index is 1140. The molecule has 0 aliphatic carbocycles. The number of ether oxygens (including phenoxy) is 3. The van der Waals surface area contributed by atoms with Crippen LogP contribution in [0.4, 0.5) is 5.69 Å². The van der Waals surface area contributed by atoms with E-state index >= 15 is 0 Å². The maximum atomic E-state index is 12.9. The molecule has 152 valence electrons. The molecule has 0 amide bonds. The molecule has 0 aliphatic heterocycles. The minimum absolute atomic E-state index is 0.0156. The average molecular weight is 479 g/mol. The Morgan fingerprint density at radius 2 is 1.66 bits per heavy atom. The first-order valence-corrected chi connectivity index (χ1v) is 10.7. The van der Waals surface area contributed by atoms with E-state index in [1.807, 2.05) is 6.07 Å². The lowest BCUT2D eigenvalue weighted by Gasteiger charge is -2.14. The van der Waals surface area contributed by atoms with Crippen LogP contribution in [-0.4, -0.2) is 34.7 Å². The lowest BCUT2D eigenvalue weighted by Crippen LogP contribution is -2.14. The van der Waals surface area contributed by atoms with Crippen molar-refractivity contribution in [3.63, 3.8) is 0 Å². The van der Waals surface area contributed by atoms with Crippen LogP contribution in [0.5, 0.6) is 17.2 Å². The highest BCUT2D eigenvalue weighted by Gasteiger charge is 2.21. The maximum absolute atomic E-state index is 12.9. The standard InChI is InChI=1S/C20H19BrN2O5S/c1-26-16-5-6-17(19(10-16)28-3)13-8-15(12-22-11-13)23-29(24,25)20-9-14(21)4-7-18(20)27-2/h4-12,23H,1-3H3. The summed E-state index contributed by atoms with van der Waals surface area (Å²) >= 11 is 3.29. The highest BCUT2D eigenvalue weighted by molar-refractivity contribution is 9.10. The first kappa shape index (κ1) is 20.9. The van der Waals surface area contributed by atoms with Gasteiger partial charge in [-0.2, -0.15) is 0 Å². The van der Waals surface area contributed by atoms with Gasteiger partial charge in [-0.3, -0.25) is 9.71 Å². The average Bonchev–Trinajstić information content (AvgIpc) is 2.73. The number of hydrogen-bond acceptors (Lipinski definition) is 6. The third-order valence-corrected chi connectivity index (χ3v) is 6.02. The quantitative estimate of drug-likeness (QED) is 0.543. The molecule has 9 heteroatoms. The molecular weight excluding hydrogens is 460 g/mol. The molecule has 3 aromatic rings. The van der Waals surface area contributed by atoms with Crippen molar-refractivity contribution >= 4 is 31.6 Å². The highest BCUT2D eigenvalue weighted by Crippen LogP contribution is 2.34. The van der Waals surface area contributed by atoms with Crippen molar-refractivity contribution in [1.29, 1.82) is 0 Å². The number of rotatable bonds is 7. The van der Waals surface area contributed by atoms with Gasteiger partial charge in [0.25, 0.3) is 10.0 Å². The number of pyridine rings is 1. The SMILES string of the molecule is COc1ccc(-c2cncc(NS(=O)(=O)c3cc(Br)ccc3OC)c2)c(OC)c1. The summed E-state index contributed by atoms with van der Waals surface area (Å²) in [7, 11) is 0.641. The fraction of sp³-hybridized carbons (Fsp3) is 0.150. The molecule has 0 unspecified atom stereocenters. The second-order valence-corrected chi connectivity index (χ2v) is 8.50. The van der Waals surface area contributed by atoms with Crippen LogP contribution in [0, 0.1) is 0 Å². The Hall–Kier alpha value is -2.78. The van der Waals surface area contributed by atoms with Gasteiger partial charge >= 0.3 is 0 Å². The predicted molar refractivity (Wildman–Crippen MR) is 114 cm³/mol. The van der Waals surface area contributed by atoms with Crippen molar-refractivity contribution in [2.75, 3.05) is 26.1 Å². The fourth-order valence-corrected chi connectivity index (χ4v) is 4.49. The number of aromatic nitrogens is 1. The Morgan fingerprint density at radius 1 is 0.897 bits per heavy atom. The molecule has 0 fully saturated rings. The molecule has 0 saturated carbocycles. The smallest absolute Gasteiger partial charge is 0.265 e. The zero-order valence-electron chi connectivity index (χ0n) is 16.0. The van der Waals surface area contributed by atoms with Gasteiger partial charge in [0.15, 0.2) is 0 Å². The first-order valence-electron chi connectivity index (χ1n) is 8.41. The topological polar surface area (TPSA) is 86.8 Å². The van der Waals surface area contributed by atoms with Crippen molar-refractivity contribution < 1.29 is 22.6 Å². The summed E-state index contributed by atoms with van der Waals surface area (Å²) in [4.78, 5) is 4.18. The van der Waals surface area contributed by atoms with Crippen LogP contribution in [0.15, 0.2) is 64.2 Å². The fourth-order valence-electron chi connectivity index (χ4n) is 2.75. The van der Waals surface area contributed by atoms with E-state index in [1.165, 1.54) is 19.4 Å².